The van der Waals surface area contributed by atoms with Gasteiger partial charge in [-0.25, -0.2) is 0 Å². The van der Waals surface area contributed by atoms with Crippen molar-refractivity contribution >= 4 is 5.69 Å². The lowest BCUT2D eigenvalue weighted by atomic mass is 9.82. The number of hydrogen-bond acceptors (Lipinski definition) is 3. The van der Waals surface area contributed by atoms with Crippen LogP contribution in [0.5, 0.6) is 5.75 Å². The Morgan fingerprint density at radius 1 is 1.44 bits per heavy atom. The summed E-state index contributed by atoms with van der Waals surface area (Å²) in [4.78, 5) is 4.25. The third-order valence-corrected chi connectivity index (χ3v) is 3.85. The Morgan fingerprint density at radius 3 is 3.00 bits per heavy atom. The second-order valence-electron chi connectivity index (χ2n) is 5.54. The van der Waals surface area contributed by atoms with Gasteiger partial charge in [0, 0.05) is 12.2 Å². The van der Waals surface area contributed by atoms with Crippen molar-refractivity contribution in [3.8, 4) is 5.75 Å². The summed E-state index contributed by atoms with van der Waals surface area (Å²) in [6.45, 7) is 5.42. The molecule has 1 aliphatic carbocycles. The Morgan fingerprint density at radius 2 is 2.28 bits per heavy atom. The highest BCUT2D eigenvalue weighted by atomic mass is 16.5. The van der Waals surface area contributed by atoms with Crippen LogP contribution in [0.4, 0.5) is 5.69 Å². The highest BCUT2D eigenvalue weighted by molar-refractivity contribution is 5.55. The topological polar surface area (TPSA) is 34.1 Å². The molecule has 0 saturated heterocycles. The molecule has 0 spiro atoms. The SMILES string of the molecule is COc1cnc(C)cc1NCC1CCCC(C)C1. The first-order valence-corrected chi connectivity index (χ1v) is 6.93. The van der Waals surface area contributed by atoms with Crippen LogP contribution in [0, 0.1) is 18.8 Å². The lowest BCUT2D eigenvalue weighted by Gasteiger charge is -2.27. The van der Waals surface area contributed by atoms with Crippen LogP contribution in [-0.4, -0.2) is 18.6 Å². The number of aryl methyl sites for hydroxylation is 1. The molecule has 1 aromatic heterocycles. The number of methoxy groups -OCH3 is 1. The Kier molecular flexibility index (Phi) is 4.45. The molecule has 1 fully saturated rings. The van der Waals surface area contributed by atoms with Crippen LogP contribution in [-0.2, 0) is 0 Å². The van der Waals surface area contributed by atoms with Crippen molar-refractivity contribution in [1.82, 2.24) is 4.98 Å². The number of ether oxygens (including phenoxy) is 1. The fraction of sp³-hybridized carbons (Fsp3) is 0.667. The quantitative estimate of drug-likeness (QED) is 0.883. The summed E-state index contributed by atoms with van der Waals surface area (Å²) < 4.78 is 5.34. The zero-order chi connectivity index (χ0) is 13.0. The second-order valence-corrected chi connectivity index (χ2v) is 5.54. The van der Waals surface area contributed by atoms with Gasteiger partial charge in [0.25, 0.3) is 0 Å². The molecule has 2 rings (SSSR count). The lowest BCUT2D eigenvalue weighted by Crippen LogP contribution is -2.21. The molecule has 18 heavy (non-hydrogen) atoms. The molecule has 0 radical (unpaired) electrons. The number of anilines is 1. The van der Waals surface area contributed by atoms with E-state index in [9.17, 15) is 0 Å². The highest BCUT2D eigenvalue weighted by Gasteiger charge is 2.18. The molecule has 0 aromatic carbocycles. The lowest BCUT2D eigenvalue weighted by molar-refractivity contribution is 0.293. The average molecular weight is 248 g/mol. The van der Waals surface area contributed by atoms with E-state index < -0.39 is 0 Å². The van der Waals surface area contributed by atoms with Crippen LogP contribution in [0.3, 0.4) is 0 Å². The summed E-state index contributed by atoms with van der Waals surface area (Å²) in [7, 11) is 1.69. The van der Waals surface area contributed by atoms with E-state index >= 15 is 0 Å². The summed E-state index contributed by atoms with van der Waals surface area (Å²) in [5, 5.41) is 3.53. The van der Waals surface area contributed by atoms with E-state index in [1.54, 1.807) is 13.3 Å². The third-order valence-electron chi connectivity index (χ3n) is 3.85. The van der Waals surface area contributed by atoms with E-state index in [0.717, 1.165) is 35.5 Å². The molecular formula is C15H24N2O. The van der Waals surface area contributed by atoms with Gasteiger partial charge in [-0.3, -0.25) is 4.98 Å². The molecule has 3 nitrogen and oxygen atoms in total. The maximum absolute atomic E-state index is 5.34. The second kappa shape index (κ2) is 6.07. The zero-order valence-corrected chi connectivity index (χ0v) is 11.7. The van der Waals surface area contributed by atoms with Gasteiger partial charge in [0.15, 0.2) is 5.75 Å². The van der Waals surface area contributed by atoms with Crippen LogP contribution in [0.1, 0.15) is 38.3 Å². The van der Waals surface area contributed by atoms with Crippen molar-refractivity contribution in [3.05, 3.63) is 18.0 Å². The maximum Gasteiger partial charge on any atom is 0.160 e. The van der Waals surface area contributed by atoms with E-state index in [4.69, 9.17) is 4.74 Å². The average Bonchev–Trinajstić information content (AvgIpc) is 2.37. The van der Waals surface area contributed by atoms with E-state index in [0.29, 0.717) is 0 Å². The normalized spacial score (nSPS) is 23.7. The molecule has 1 heterocycles. The first kappa shape index (κ1) is 13.2. The van der Waals surface area contributed by atoms with Gasteiger partial charge in [-0.1, -0.05) is 19.8 Å². The van der Waals surface area contributed by atoms with Crippen molar-refractivity contribution in [2.75, 3.05) is 19.0 Å². The maximum atomic E-state index is 5.34. The van der Waals surface area contributed by atoms with E-state index in [1.165, 1.54) is 25.7 Å². The molecule has 0 aliphatic heterocycles. The van der Waals surface area contributed by atoms with Crippen molar-refractivity contribution in [2.24, 2.45) is 11.8 Å². The minimum atomic E-state index is 0.798. The number of aromatic nitrogens is 1. The van der Waals surface area contributed by atoms with Gasteiger partial charge < -0.3 is 10.1 Å². The Labute approximate surface area is 110 Å². The molecule has 100 valence electrons. The fourth-order valence-corrected chi connectivity index (χ4v) is 2.85. The third kappa shape index (κ3) is 3.37. The zero-order valence-electron chi connectivity index (χ0n) is 11.7. The minimum absolute atomic E-state index is 0.798. The number of nitrogens with zero attached hydrogens (tertiary/aromatic N) is 1. The molecule has 2 unspecified atom stereocenters. The van der Waals surface area contributed by atoms with Gasteiger partial charge >= 0.3 is 0 Å². The van der Waals surface area contributed by atoms with Crippen molar-refractivity contribution in [2.45, 2.75) is 39.5 Å². The van der Waals surface area contributed by atoms with Gasteiger partial charge in [-0.15, -0.1) is 0 Å². The molecule has 2 atom stereocenters. The fourth-order valence-electron chi connectivity index (χ4n) is 2.85. The Hall–Kier alpha value is -1.25. The summed E-state index contributed by atoms with van der Waals surface area (Å²) in [6, 6.07) is 2.06. The van der Waals surface area contributed by atoms with E-state index in [-0.39, 0.29) is 0 Å². The van der Waals surface area contributed by atoms with E-state index in [2.05, 4.69) is 23.3 Å². The van der Waals surface area contributed by atoms with Gasteiger partial charge in [0.05, 0.1) is 19.0 Å². The van der Waals surface area contributed by atoms with Crippen molar-refractivity contribution in [3.63, 3.8) is 0 Å². The smallest absolute Gasteiger partial charge is 0.160 e. The first-order chi connectivity index (χ1) is 8.69. The van der Waals surface area contributed by atoms with Crippen LogP contribution >= 0.6 is 0 Å². The van der Waals surface area contributed by atoms with Gasteiger partial charge in [-0.05, 0) is 37.7 Å². The van der Waals surface area contributed by atoms with Crippen LogP contribution in [0.2, 0.25) is 0 Å². The summed E-state index contributed by atoms with van der Waals surface area (Å²) in [5.41, 5.74) is 2.10. The van der Waals surface area contributed by atoms with Gasteiger partial charge in [-0.2, -0.15) is 0 Å². The molecular weight excluding hydrogens is 224 g/mol. The Bertz CT molecular complexity index is 392. The number of nitrogens with one attached hydrogen (secondary N) is 1. The van der Waals surface area contributed by atoms with Gasteiger partial charge in [0.1, 0.15) is 0 Å². The molecule has 0 bridgehead atoms. The molecule has 0 amide bonds. The monoisotopic (exact) mass is 248 g/mol. The Balaban J connectivity index is 1.94. The molecule has 1 aliphatic rings. The minimum Gasteiger partial charge on any atom is -0.493 e. The van der Waals surface area contributed by atoms with Crippen molar-refractivity contribution < 1.29 is 4.74 Å². The molecule has 1 aromatic rings. The number of hydrogen-bond donors (Lipinski definition) is 1. The highest BCUT2D eigenvalue weighted by Crippen LogP contribution is 2.30. The predicted molar refractivity (Wildman–Crippen MR) is 75.1 cm³/mol. The van der Waals surface area contributed by atoms with Crippen LogP contribution in [0.25, 0.3) is 0 Å². The summed E-state index contributed by atoms with van der Waals surface area (Å²) in [6.07, 6.45) is 7.26. The standard InChI is InChI=1S/C15H24N2O/c1-11-5-4-6-13(7-11)9-17-14-8-12(2)16-10-15(14)18-3/h8,10-11,13H,4-7,9H2,1-3H3,(H,16,17). The summed E-state index contributed by atoms with van der Waals surface area (Å²) in [5.74, 6) is 2.52. The van der Waals surface area contributed by atoms with Crippen molar-refractivity contribution in [1.29, 1.82) is 0 Å². The molecule has 1 saturated carbocycles. The largest absolute Gasteiger partial charge is 0.493 e. The van der Waals surface area contributed by atoms with E-state index in [1.807, 2.05) is 6.92 Å². The summed E-state index contributed by atoms with van der Waals surface area (Å²) >= 11 is 0. The van der Waals surface area contributed by atoms with Crippen LogP contribution < -0.4 is 10.1 Å². The number of pyridine rings is 1. The van der Waals surface area contributed by atoms with Crippen LogP contribution in [0.15, 0.2) is 12.3 Å². The predicted octanol–water partition coefficient (Wildman–Crippen LogP) is 3.64. The molecule has 1 N–H and O–H groups in total. The van der Waals surface area contributed by atoms with Gasteiger partial charge in [0.2, 0.25) is 0 Å². The first-order valence-electron chi connectivity index (χ1n) is 6.93. The molecule has 3 heteroatoms. The number of rotatable bonds is 4.